The van der Waals surface area contributed by atoms with E-state index in [0.717, 1.165) is 12.1 Å². The van der Waals surface area contributed by atoms with E-state index in [1.54, 1.807) is 0 Å². The fourth-order valence-corrected chi connectivity index (χ4v) is 2.44. The Kier molecular flexibility index (Phi) is 3.60. The molecule has 1 unspecified atom stereocenters. The lowest BCUT2D eigenvalue weighted by molar-refractivity contribution is -0.137. The molecule has 1 aliphatic rings. The molecular weight excluding hydrogens is 258 g/mol. The van der Waals surface area contributed by atoms with Crippen LogP contribution in [0, 0.1) is 0 Å². The van der Waals surface area contributed by atoms with Crippen LogP contribution in [0.4, 0.5) is 17.6 Å². The zero-order valence-electron chi connectivity index (χ0n) is 11.0. The summed E-state index contributed by atoms with van der Waals surface area (Å²) in [7, 11) is 0. The standard InChI is InChI=1S/C14H17F4N/c1-10(2)19-8-7-13(15,9-19)11-3-5-12(6-4-11)14(16,17)18/h3-6,10H,7-9H2,1-2H3. The predicted molar refractivity (Wildman–Crippen MR) is 65.6 cm³/mol. The van der Waals surface area contributed by atoms with E-state index >= 15 is 0 Å². The highest BCUT2D eigenvalue weighted by Gasteiger charge is 2.41. The molecule has 1 saturated heterocycles. The van der Waals surface area contributed by atoms with Gasteiger partial charge in [-0.15, -0.1) is 0 Å². The lowest BCUT2D eigenvalue weighted by Crippen LogP contribution is -2.32. The molecule has 0 aliphatic carbocycles. The van der Waals surface area contributed by atoms with Crippen LogP contribution in [0.5, 0.6) is 0 Å². The SMILES string of the molecule is CC(C)N1CCC(F)(c2ccc(C(F)(F)F)cc2)C1. The van der Waals surface area contributed by atoms with Gasteiger partial charge < -0.3 is 0 Å². The number of hydrogen-bond donors (Lipinski definition) is 0. The van der Waals surface area contributed by atoms with E-state index in [9.17, 15) is 17.6 Å². The van der Waals surface area contributed by atoms with Gasteiger partial charge in [0.15, 0.2) is 0 Å². The number of alkyl halides is 4. The molecule has 0 N–H and O–H groups in total. The van der Waals surface area contributed by atoms with Gasteiger partial charge in [0, 0.05) is 19.1 Å². The highest BCUT2D eigenvalue weighted by molar-refractivity contribution is 5.30. The largest absolute Gasteiger partial charge is 0.416 e. The number of likely N-dealkylation sites (tertiary alicyclic amines) is 1. The van der Waals surface area contributed by atoms with Crippen LogP contribution < -0.4 is 0 Å². The van der Waals surface area contributed by atoms with Gasteiger partial charge in [-0.3, -0.25) is 4.90 Å². The van der Waals surface area contributed by atoms with Crippen molar-refractivity contribution in [3.05, 3.63) is 35.4 Å². The van der Waals surface area contributed by atoms with Crippen molar-refractivity contribution in [3.8, 4) is 0 Å². The van der Waals surface area contributed by atoms with E-state index < -0.39 is 17.4 Å². The van der Waals surface area contributed by atoms with E-state index in [1.807, 2.05) is 18.7 Å². The van der Waals surface area contributed by atoms with Gasteiger partial charge in [-0.2, -0.15) is 13.2 Å². The molecule has 19 heavy (non-hydrogen) atoms. The first-order chi connectivity index (χ1) is 8.72. The second-order valence-corrected chi connectivity index (χ2v) is 5.35. The lowest BCUT2D eigenvalue weighted by Gasteiger charge is -2.24. The van der Waals surface area contributed by atoms with Crippen molar-refractivity contribution in [2.24, 2.45) is 0 Å². The summed E-state index contributed by atoms with van der Waals surface area (Å²) in [6, 6.07) is 4.66. The fourth-order valence-electron chi connectivity index (χ4n) is 2.44. The molecule has 1 nitrogen and oxygen atoms in total. The fraction of sp³-hybridized carbons (Fsp3) is 0.571. The summed E-state index contributed by atoms with van der Waals surface area (Å²) >= 11 is 0. The quantitative estimate of drug-likeness (QED) is 0.738. The van der Waals surface area contributed by atoms with Gasteiger partial charge in [-0.05, 0) is 38.0 Å². The maximum absolute atomic E-state index is 14.8. The van der Waals surface area contributed by atoms with Crippen LogP contribution in [0.3, 0.4) is 0 Å². The van der Waals surface area contributed by atoms with Gasteiger partial charge in [0.25, 0.3) is 0 Å². The third-order valence-corrected chi connectivity index (χ3v) is 3.71. The maximum Gasteiger partial charge on any atom is 0.416 e. The predicted octanol–water partition coefficient (Wildman–Crippen LogP) is 3.98. The molecule has 0 radical (unpaired) electrons. The van der Waals surface area contributed by atoms with Crippen LogP contribution in [0.25, 0.3) is 0 Å². The van der Waals surface area contributed by atoms with Crippen molar-refractivity contribution in [1.82, 2.24) is 4.90 Å². The molecule has 0 spiro atoms. The Balaban J connectivity index is 2.19. The first-order valence-electron chi connectivity index (χ1n) is 6.33. The molecule has 0 amide bonds. The average Bonchev–Trinajstić information content (AvgIpc) is 2.73. The zero-order valence-corrected chi connectivity index (χ0v) is 11.0. The van der Waals surface area contributed by atoms with Crippen LogP contribution in [-0.2, 0) is 11.8 Å². The molecule has 1 fully saturated rings. The molecule has 106 valence electrons. The number of hydrogen-bond acceptors (Lipinski definition) is 1. The van der Waals surface area contributed by atoms with Gasteiger partial charge in [-0.1, -0.05) is 12.1 Å². The second-order valence-electron chi connectivity index (χ2n) is 5.35. The molecule has 2 rings (SSSR count). The minimum Gasteiger partial charge on any atom is -0.297 e. The van der Waals surface area contributed by atoms with Gasteiger partial charge in [0.05, 0.1) is 5.56 Å². The summed E-state index contributed by atoms with van der Waals surface area (Å²) in [5.74, 6) is 0. The Bertz CT molecular complexity index is 438. The average molecular weight is 275 g/mol. The molecular formula is C14H17F4N. The van der Waals surface area contributed by atoms with E-state index in [4.69, 9.17) is 0 Å². The van der Waals surface area contributed by atoms with Crippen molar-refractivity contribution in [3.63, 3.8) is 0 Å². The van der Waals surface area contributed by atoms with Crippen molar-refractivity contribution in [2.75, 3.05) is 13.1 Å². The molecule has 5 heteroatoms. The Labute approximate surface area is 110 Å². The molecule has 0 bridgehead atoms. The first kappa shape index (κ1) is 14.3. The van der Waals surface area contributed by atoms with Crippen molar-refractivity contribution in [2.45, 2.75) is 38.2 Å². The summed E-state index contributed by atoms with van der Waals surface area (Å²) < 4.78 is 52.1. The summed E-state index contributed by atoms with van der Waals surface area (Å²) in [5.41, 5.74) is -1.93. The molecule has 0 saturated carbocycles. The maximum atomic E-state index is 14.8. The van der Waals surface area contributed by atoms with Crippen LogP contribution in [0.1, 0.15) is 31.4 Å². The Hall–Kier alpha value is -1.10. The minimum absolute atomic E-state index is 0.243. The van der Waals surface area contributed by atoms with Gasteiger partial charge in [0.2, 0.25) is 0 Å². The molecule has 0 aromatic heterocycles. The monoisotopic (exact) mass is 275 g/mol. The summed E-state index contributed by atoms with van der Waals surface area (Å²) in [5, 5.41) is 0. The minimum atomic E-state index is -4.37. The Morgan fingerprint density at radius 1 is 1.16 bits per heavy atom. The van der Waals surface area contributed by atoms with Gasteiger partial charge >= 0.3 is 6.18 Å². The third kappa shape index (κ3) is 2.91. The Morgan fingerprint density at radius 3 is 2.16 bits per heavy atom. The lowest BCUT2D eigenvalue weighted by atomic mass is 9.94. The normalized spacial score (nSPS) is 25.2. The van der Waals surface area contributed by atoms with Crippen LogP contribution in [-0.4, -0.2) is 24.0 Å². The second kappa shape index (κ2) is 4.78. The highest BCUT2D eigenvalue weighted by Crippen LogP contribution is 2.38. The highest BCUT2D eigenvalue weighted by atomic mass is 19.4. The molecule has 1 aliphatic heterocycles. The van der Waals surface area contributed by atoms with Crippen LogP contribution in [0.2, 0.25) is 0 Å². The number of nitrogens with zero attached hydrogens (tertiary/aromatic N) is 1. The van der Waals surface area contributed by atoms with Gasteiger partial charge in [0.1, 0.15) is 5.67 Å². The number of halogens is 4. The summed E-state index contributed by atoms with van der Waals surface area (Å²) in [6.07, 6.45) is -4.04. The van der Waals surface area contributed by atoms with Crippen molar-refractivity contribution >= 4 is 0 Å². The number of benzene rings is 1. The first-order valence-corrected chi connectivity index (χ1v) is 6.33. The van der Waals surface area contributed by atoms with Crippen LogP contribution >= 0.6 is 0 Å². The van der Waals surface area contributed by atoms with Crippen LogP contribution in [0.15, 0.2) is 24.3 Å². The van der Waals surface area contributed by atoms with E-state index in [0.29, 0.717) is 18.5 Å². The number of rotatable bonds is 2. The molecule has 1 aromatic carbocycles. The van der Waals surface area contributed by atoms with Gasteiger partial charge in [-0.25, -0.2) is 4.39 Å². The summed E-state index contributed by atoms with van der Waals surface area (Å²) in [6.45, 7) is 4.85. The third-order valence-electron chi connectivity index (χ3n) is 3.71. The summed E-state index contributed by atoms with van der Waals surface area (Å²) in [4.78, 5) is 2.00. The Morgan fingerprint density at radius 2 is 1.74 bits per heavy atom. The molecule has 1 heterocycles. The molecule has 1 aromatic rings. The smallest absolute Gasteiger partial charge is 0.297 e. The van der Waals surface area contributed by atoms with E-state index in [-0.39, 0.29) is 12.6 Å². The topological polar surface area (TPSA) is 3.24 Å². The van der Waals surface area contributed by atoms with E-state index in [1.165, 1.54) is 12.1 Å². The van der Waals surface area contributed by atoms with Crippen molar-refractivity contribution < 1.29 is 17.6 Å². The van der Waals surface area contributed by atoms with Crippen molar-refractivity contribution in [1.29, 1.82) is 0 Å². The van der Waals surface area contributed by atoms with E-state index in [2.05, 4.69) is 0 Å². The molecule has 1 atom stereocenters. The zero-order chi connectivity index (χ0) is 14.3.